The number of hydrogen-bond donors (Lipinski definition) is 2. The second kappa shape index (κ2) is 6.28. The molecule has 1 heterocycles. The van der Waals surface area contributed by atoms with Gasteiger partial charge in [-0.05, 0) is 30.0 Å². The predicted molar refractivity (Wildman–Crippen MR) is 74.1 cm³/mol. The summed E-state index contributed by atoms with van der Waals surface area (Å²) in [6.45, 7) is 4.50. The molecule has 4 nitrogen and oxygen atoms in total. The van der Waals surface area contributed by atoms with E-state index in [0.717, 1.165) is 44.7 Å². The van der Waals surface area contributed by atoms with Crippen LogP contribution in [0.4, 0.5) is 0 Å². The van der Waals surface area contributed by atoms with Crippen molar-refractivity contribution >= 4 is 5.96 Å². The van der Waals surface area contributed by atoms with E-state index < -0.39 is 0 Å². The highest BCUT2D eigenvalue weighted by atomic mass is 16.5. The molecular weight excluding hydrogens is 226 g/mol. The molecule has 0 bridgehead atoms. The van der Waals surface area contributed by atoms with Gasteiger partial charge in [0.15, 0.2) is 5.96 Å². The molecule has 0 aromatic heterocycles. The van der Waals surface area contributed by atoms with Gasteiger partial charge in [0.25, 0.3) is 0 Å². The monoisotopic (exact) mass is 247 g/mol. The molecule has 0 atom stereocenters. The first-order valence-electron chi connectivity index (χ1n) is 6.58. The van der Waals surface area contributed by atoms with Crippen molar-refractivity contribution in [1.29, 1.82) is 0 Å². The molecule has 1 aromatic carbocycles. The smallest absolute Gasteiger partial charge is 0.188 e. The molecule has 98 valence electrons. The van der Waals surface area contributed by atoms with Crippen molar-refractivity contribution < 1.29 is 4.74 Å². The number of rotatable bonds is 5. The molecule has 2 rings (SSSR count). The van der Waals surface area contributed by atoms with Gasteiger partial charge in [-0.2, -0.15) is 0 Å². The molecule has 0 spiro atoms. The quantitative estimate of drug-likeness (QED) is 0.612. The van der Waals surface area contributed by atoms with Crippen LogP contribution in [0.15, 0.2) is 23.2 Å². The Balaban J connectivity index is 1.80. The van der Waals surface area contributed by atoms with Gasteiger partial charge < -0.3 is 15.8 Å². The van der Waals surface area contributed by atoms with Gasteiger partial charge in [0.05, 0.1) is 6.61 Å². The number of nitrogens with two attached hydrogens (primary N) is 1. The lowest BCUT2D eigenvalue weighted by atomic mass is 10.1. The van der Waals surface area contributed by atoms with Crippen molar-refractivity contribution in [2.75, 3.05) is 19.7 Å². The van der Waals surface area contributed by atoms with Crippen LogP contribution in [-0.4, -0.2) is 25.7 Å². The number of hydrogen-bond acceptors (Lipinski definition) is 2. The lowest BCUT2D eigenvalue weighted by molar-refractivity contribution is 0.357. The average molecular weight is 247 g/mol. The highest BCUT2D eigenvalue weighted by Gasteiger charge is 2.11. The van der Waals surface area contributed by atoms with Gasteiger partial charge in [-0.25, -0.2) is 0 Å². The molecule has 0 amide bonds. The molecular formula is C14H21N3O. The Morgan fingerprint density at radius 2 is 2.39 bits per heavy atom. The number of aliphatic imine (C=N–C) groups is 1. The van der Waals surface area contributed by atoms with E-state index >= 15 is 0 Å². The third kappa shape index (κ3) is 3.39. The zero-order valence-electron chi connectivity index (χ0n) is 10.9. The van der Waals surface area contributed by atoms with Gasteiger partial charge in [0.2, 0.25) is 0 Å². The Morgan fingerprint density at radius 3 is 3.22 bits per heavy atom. The third-order valence-electron chi connectivity index (χ3n) is 2.98. The van der Waals surface area contributed by atoms with Crippen LogP contribution < -0.4 is 15.8 Å². The standard InChI is InChI=1S/C14H21N3O/c1-2-7-16-14(15)17-8-5-11-3-4-13-12(10-11)6-9-18-13/h3-4,10H,2,5-9H2,1H3,(H3,15,16,17). The molecule has 0 aliphatic carbocycles. The number of nitrogens with zero attached hydrogens (tertiary/aromatic N) is 1. The van der Waals surface area contributed by atoms with Gasteiger partial charge in [0.1, 0.15) is 5.75 Å². The van der Waals surface area contributed by atoms with Crippen LogP contribution in [0.1, 0.15) is 24.5 Å². The minimum absolute atomic E-state index is 0.543. The number of nitrogens with one attached hydrogen (secondary N) is 1. The Hall–Kier alpha value is -1.71. The fourth-order valence-electron chi connectivity index (χ4n) is 2.02. The van der Waals surface area contributed by atoms with Crippen LogP contribution in [0, 0.1) is 0 Å². The van der Waals surface area contributed by atoms with Gasteiger partial charge in [-0.1, -0.05) is 19.1 Å². The van der Waals surface area contributed by atoms with E-state index in [4.69, 9.17) is 10.5 Å². The van der Waals surface area contributed by atoms with E-state index in [9.17, 15) is 0 Å². The van der Waals surface area contributed by atoms with E-state index in [2.05, 4.69) is 35.4 Å². The summed E-state index contributed by atoms with van der Waals surface area (Å²) < 4.78 is 5.49. The normalized spacial score (nSPS) is 14.2. The third-order valence-corrected chi connectivity index (χ3v) is 2.98. The molecule has 1 aliphatic heterocycles. The summed E-state index contributed by atoms with van der Waals surface area (Å²) in [6, 6.07) is 6.40. The van der Waals surface area contributed by atoms with Gasteiger partial charge in [0, 0.05) is 19.5 Å². The second-order valence-corrected chi connectivity index (χ2v) is 4.48. The first-order valence-corrected chi connectivity index (χ1v) is 6.58. The largest absolute Gasteiger partial charge is 0.493 e. The van der Waals surface area contributed by atoms with Crippen LogP contribution in [0.5, 0.6) is 5.75 Å². The lowest BCUT2D eigenvalue weighted by Crippen LogP contribution is -2.33. The second-order valence-electron chi connectivity index (χ2n) is 4.48. The zero-order chi connectivity index (χ0) is 12.8. The molecule has 0 saturated heterocycles. The average Bonchev–Trinajstić information content (AvgIpc) is 2.83. The van der Waals surface area contributed by atoms with E-state index in [1.165, 1.54) is 11.1 Å². The van der Waals surface area contributed by atoms with Gasteiger partial charge in [-0.3, -0.25) is 4.99 Å². The van der Waals surface area contributed by atoms with Gasteiger partial charge in [-0.15, -0.1) is 0 Å². The summed E-state index contributed by atoms with van der Waals surface area (Å²) in [7, 11) is 0. The summed E-state index contributed by atoms with van der Waals surface area (Å²) >= 11 is 0. The number of guanidine groups is 1. The molecule has 0 unspecified atom stereocenters. The first-order chi connectivity index (χ1) is 8.79. The topological polar surface area (TPSA) is 59.6 Å². The Labute approximate surface area is 108 Å². The van der Waals surface area contributed by atoms with Crippen molar-refractivity contribution in [2.24, 2.45) is 10.7 Å². The number of ether oxygens (including phenoxy) is 1. The first kappa shape index (κ1) is 12.7. The van der Waals surface area contributed by atoms with Crippen LogP contribution in [0.25, 0.3) is 0 Å². The maximum absolute atomic E-state index is 5.73. The lowest BCUT2D eigenvalue weighted by Gasteiger charge is -2.07. The minimum Gasteiger partial charge on any atom is -0.493 e. The molecule has 0 saturated carbocycles. The molecule has 4 heteroatoms. The van der Waals surface area contributed by atoms with Crippen molar-refractivity contribution in [1.82, 2.24) is 5.32 Å². The molecule has 3 N–H and O–H groups in total. The van der Waals surface area contributed by atoms with Crippen LogP contribution in [0.3, 0.4) is 0 Å². The fraction of sp³-hybridized carbons (Fsp3) is 0.500. The Kier molecular flexibility index (Phi) is 4.45. The minimum atomic E-state index is 0.543. The SMILES string of the molecule is CCCN=C(N)NCCc1ccc2c(c1)CCO2. The van der Waals surface area contributed by atoms with E-state index in [0.29, 0.717) is 5.96 Å². The highest BCUT2D eigenvalue weighted by molar-refractivity contribution is 5.77. The summed E-state index contributed by atoms with van der Waals surface area (Å²) in [6.07, 6.45) is 3.00. The summed E-state index contributed by atoms with van der Waals surface area (Å²) in [4.78, 5) is 4.19. The predicted octanol–water partition coefficient (Wildman–Crippen LogP) is 1.48. The molecule has 1 aliphatic rings. The van der Waals surface area contributed by atoms with Crippen LogP contribution in [-0.2, 0) is 12.8 Å². The number of fused-ring (bicyclic) bond motifs is 1. The van der Waals surface area contributed by atoms with Crippen molar-refractivity contribution in [2.45, 2.75) is 26.2 Å². The molecule has 0 fully saturated rings. The number of benzene rings is 1. The van der Waals surface area contributed by atoms with E-state index in [1.54, 1.807) is 0 Å². The van der Waals surface area contributed by atoms with E-state index in [1.807, 2.05) is 0 Å². The maximum atomic E-state index is 5.73. The zero-order valence-corrected chi connectivity index (χ0v) is 10.9. The Morgan fingerprint density at radius 1 is 1.50 bits per heavy atom. The highest BCUT2D eigenvalue weighted by Crippen LogP contribution is 2.25. The maximum Gasteiger partial charge on any atom is 0.188 e. The fourth-order valence-corrected chi connectivity index (χ4v) is 2.02. The van der Waals surface area contributed by atoms with Crippen molar-refractivity contribution in [3.8, 4) is 5.75 Å². The van der Waals surface area contributed by atoms with Crippen molar-refractivity contribution in [3.05, 3.63) is 29.3 Å². The van der Waals surface area contributed by atoms with Crippen LogP contribution in [0.2, 0.25) is 0 Å². The summed E-state index contributed by atoms with van der Waals surface area (Å²) in [5.41, 5.74) is 8.37. The molecule has 18 heavy (non-hydrogen) atoms. The molecule has 0 radical (unpaired) electrons. The Bertz CT molecular complexity index is 429. The molecule has 1 aromatic rings. The van der Waals surface area contributed by atoms with Crippen LogP contribution >= 0.6 is 0 Å². The van der Waals surface area contributed by atoms with E-state index in [-0.39, 0.29) is 0 Å². The summed E-state index contributed by atoms with van der Waals surface area (Å²) in [5, 5.41) is 3.13. The summed E-state index contributed by atoms with van der Waals surface area (Å²) in [5.74, 6) is 1.58. The van der Waals surface area contributed by atoms with Crippen molar-refractivity contribution in [3.63, 3.8) is 0 Å². The van der Waals surface area contributed by atoms with Gasteiger partial charge >= 0.3 is 0 Å².